The summed E-state index contributed by atoms with van der Waals surface area (Å²) in [6.45, 7) is 0. The highest BCUT2D eigenvalue weighted by atomic mass is 79.9. The topological polar surface area (TPSA) is 76.1 Å². The van der Waals surface area contributed by atoms with Crippen molar-refractivity contribution in [3.63, 3.8) is 0 Å². The van der Waals surface area contributed by atoms with E-state index in [2.05, 4.69) is 36.5 Å². The highest BCUT2D eigenvalue weighted by Gasteiger charge is 2.38. The smallest absolute Gasteiger partial charge is 0.406 e. The number of carbonyl (C=O) groups excluding carboxylic acids is 1. The first kappa shape index (κ1) is 18.4. The molecule has 1 heterocycles. The van der Waals surface area contributed by atoms with Gasteiger partial charge in [-0.1, -0.05) is 22.0 Å². The van der Waals surface area contributed by atoms with Gasteiger partial charge in [0.25, 0.3) is 0 Å². The monoisotopic (exact) mass is 430 g/mol. The molecule has 138 valence electrons. The maximum Gasteiger partial charge on any atom is 0.437 e. The average Bonchev–Trinajstić information content (AvgIpc) is 2.51. The van der Waals surface area contributed by atoms with Gasteiger partial charge in [0.1, 0.15) is 0 Å². The summed E-state index contributed by atoms with van der Waals surface area (Å²) in [5.74, 6) is -1.00. The summed E-state index contributed by atoms with van der Waals surface area (Å²) in [6.07, 6.45) is -2.38. The van der Waals surface area contributed by atoms with Gasteiger partial charge in [0.05, 0.1) is 6.20 Å². The number of nitrogens with zero attached hydrogens (tertiary/aromatic N) is 2. The summed E-state index contributed by atoms with van der Waals surface area (Å²) in [7, 11) is 0. The van der Waals surface area contributed by atoms with E-state index in [0.29, 0.717) is 5.69 Å². The second-order valence-electron chi connectivity index (χ2n) is 5.70. The molecule has 2 aromatic rings. The Bertz CT molecular complexity index is 812. The van der Waals surface area contributed by atoms with Crippen LogP contribution >= 0.6 is 15.9 Å². The zero-order valence-corrected chi connectivity index (χ0v) is 14.9. The van der Waals surface area contributed by atoms with Crippen LogP contribution in [0.3, 0.4) is 0 Å². The number of hydrogen-bond acceptors (Lipinski definition) is 5. The van der Waals surface area contributed by atoms with Crippen molar-refractivity contribution >= 4 is 33.7 Å². The maximum absolute atomic E-state index is 13.3. The third-order valence-electron chi connectivity index (χ3n) is 3.73. The number of nitrogens with one attached hydrogen (secondary N) is 2. The van der Waals surface area contributed by atoms with Crippen molar-refractivity contribution in [1.29, 1.82) is 0 Å². The maximum atomic E-state index is 13.3. The summed E-state index contributed by atoms with van der Waals surface area (Å²) in [5.41, 5.74) is -0.822. The Hall–Kier alpha value is -2.36. The van der Waals surface area contributed by atoms with E-state index >= 15 is 0 Å². The molecule has 6 nitrogen and oxygen atoms in total. The largest absolute Gasteiger partial charge is 0.437 e. The molecule has 2 N–H and O–H groups in total. The lowest BCUT2D eigenvalue weighted by Gasteiger charge is -2.25. The predicted molar refractivity (Wildman–Crippen MR) is 91.3 cm³/mol. The van der Waals surface area contributed by atoms with Crippen LogP contribution in [0.4, 0.5) is 29.6 Å². The molecule has 0 aliphatic heterocycles. The van der Waals surface area contributed by atoms with Gasteiger partial charge in [-0.05, 0) is 37.5 Å². The molecular weight excluding hydrogens is 417 g/mol. The van der Waals surface area contributed by atoms with Crippen molar-refractivity contribution in [2.45, 2.75) is 31.5 Å². The number of aromatic nitrogens is 2. The minimum absolute atomic E-state index is 0.0600. The van der Waals surface area contributed by atoms with Crippen molar-refractivity contribution < 1.29 is 22.7 Å². The number of rotatable bonds is 4. The molecule has 0 bridgehead atoms. The summed E-state index contributed by atoms with van der Waals surface area (Å²) >= 11 is 3.27. The molecular formula is C16H14BrF3N4O2. The third-order valence-corrected chi connectivity index (χ3v) is 4.23. The number of carbonyl (C=O) groups is 1. The van der Waals surface area contributed by atoms with Crippen LogP contribution in [0.5, 0.6) is 5.75 Å². The molecule has 3 rings (SSSR count). The lowest BCUT2D eigenvalue weighted by atomic mass is 9.93. The second-order valence-corrected chi connectivity index (χ2v) is 6.62. The van der Waals surface area contributed by atoms with E-state index in [1.165, 1.54) is 0 Å². The van der Waals surface area contributed by atoms with Gasteiger partial charge < -0.3 is 15.4 Å². The second kappa shape index (κ2) is 7.48. The van der Waals surface area contributed by atoms with Gasteiger partial charge in [-0.3, -0.25) is 0 Å². The van der Waals surface area contributed by atoms with Crippen LogP contribution in [0, 0.1) is 0 Å². The third kappa shape index (κ3) is 4.63. The Morgan fingerprint density at radius 2 is 2.08 bits per heavy atom. The fourth-order valence-corrected chi connectivity index (χ4v) is 2.65. The molecule has 1 fully saturated rings. The van der Waals surface area contributed by atoms with Gasteiger partial charge in [0.2, 0.25) is 5.95 Å². The highest BCUT2D eigenvalue weighted by molar-refractivity contribution is 9.10. The van der Waals surface area contributed by atoms with E-state index in [0.717, 1.165) is 29.9 Å². The molecule has 1 aliphatic carbocycles. The van der Waals surface area contributed by atoms with E-state index < -0.39 is 23.7 Å². The van der Waals surface area contributed by atoms with Crippen molar-refractivity contribution in [2.24, 2.45) is 0 Å². The van der Waals surface area contributed by atoms with E-state index in [-0.39, 0.29) is 12.0 Å². The van der Waals surface area contributed by atoms with E-state index in [4.69, 9.17) is 4.74 Å². The Balaban J connectivity index is 1.80. The molecule has 1 aliphatic rings. The summed E-state index contributed by atoms with van der Waals surface area (Å²) in [6, 6.07) is 6.73. The molecule has 0 unspecified atom stereocenters. The standard InChI is InChI=1S/C16H14BrF3N4O2/c17-9-3-1-6-11(7-9)22-14-21-8-12(13(24-14)16(18,19)20)26-15(25)23-10-4-2-5-10/h1,3,6-8,10H,2,4-5H2,(H,23,25)(H,21,22,24). The van der Waals surface area contributed by atoms with Gasteiger partial charge >= 0.3 is 12.3 Å². The Kier molecular flexibility index (Phi) is 5.30. The van der Waals surface area contributed by atoms with Gasteiger partial charge in [0.15, 0.2) is 11.4 Å². The molecule has 1 aromatic heterocycles. The van der Waals surface area contributed by atoms with Crippen LogP contribution in [-0.2, 0) is 6.18 Å². The lowest BCUT2D eigenvalue weighted by molar-refractivity contribution is -0.142. The number of anilines is 2. The van der Waals surface area contributed by atoms with Crippen LogP contribution < -0.4 is 15.4 Å². The molecule has 26 heavy (non-hydrogen) atoms. The predicted octanol–water partition coefficient (Wildman–Crippen LogP) is 4.64. The molecule has 1 amide bonds. The zero-order chi connectivity index (χ0) is 18.7. The quantitative estimate of drug-likeness (QED) is 0.738. The first-order valence-electron chi connectivity index (χ1n) is 7.76. The molecule has 1 aromatic carbocycles. The number of alkyl halides is 3. The van der Waals surface area contributed by atoms with Crippen molar-refractivity contribution in [3.8, 4) is 5.75 Å². The number of benzene rings is 1. The molecule has 0 saturated heterocycles. The Morgan fingerprint density at radius 3 is 2.69 bits per heavy atom. The number of hydrogen-bond donors (Lipinski definition) is 2. The zero-order valence-electron chi connectivity index (χ0n) is 13.3. The number of ether oxygens (including phenoxy) is 1. The first-order valence-corrected chi connectivity index (χ1v) is 8.56. The SMILES string of the molecule is O=C(NC1CCC1)Oc1cnc(Nc2cccc(Br)c2)nc1C(F)(F)F. The molecule has 10 heteroatoms. The van der Waals surface area contributed by atoms with E-state index in [1.54, 1.807) is 24.3 Å². The fourth-order valence-electron chi connectivity index (χ4n) is 2.25. The Morgan fingerprint density at radius 1 is 1.31 bits per heavy atom. The number of amides is 1. The Labute approximate surface area is 155 Å². The van der Waals surface area contributed by atoms with Crippen LogP contribution in [0.1, 0.15) is 25.0 Å². The fraction of sp³-hybridized carbons (Fsp3) is 0.312. The van der Waals surface area contributed by atoms with Crippen LogP contribution in [0.25, 0.3) is 0 Å². The molecule has 1 saturated carbocycles. The van der Waals surface area contributed by atoms with Crippen molar-refractivity contribution in [2.75, 3.05) is 5.32 Å². The minimum Gasteiger partial charge on any atom is -0.406 e. The van der Waals surface area contributed by atoms with E-state index in [9.17, 15) is 18.0 Å². The van der Waals surface area contributed by atoms with Crippen LogP contribution in [-0.4, -0.2) is 22.1 Å². The van der Waals surface area contributed by atoms with Gasteiger partial charge in [0, 0.05) is 16.2 Å². The number of halogens is 4. The van der Waals surface area contributed by atoms with Crippen molar-refractivity contribution in [1.82, 2.24) is 15.3 Å². The molecule has 0 radical (unpaired) electrons. The van der Waals surface area contributed by atoms with Gasteiger partial charge in [-0.2, -0.15) is 13.2 Å². The minimum atomic E-state index is -4.80. The van der Waals surface area contributed by atoms with Gasteiger partial charge in [-0.25, -0.2) is 14.8 Å². The average molecular weight is 431 g/mol. The summed E-state index contributed by atoms with van der Waals surface area (Å²) in [4.78, 5) is 19.0. The van der Waals surface area contributed by atoms with Gasteiger partial charge in [-0.15, -0.1) is 0 Å². The van der Waals surface area contributed by atoms with Crippen LogP contribution in [0.15, 0.2) is 34.9 Å². The van der Waals surface area contributed by atoms with E-state index in [1.807, 2.05) is 0 Å². The molecule has 0 atom stereocenters. The lowest BCUT2D eigenvalue weighted by Crippen LogP contribution is -2.41. The normalized spacial score (nSPS) is 14.5. The highest BCUT2D eigenvalue weighted by Crippen LogP contribution is 2.35. The first-order chi connectivity index (χ1) is 12.3. The van der Waals surface area contributed by atoms with Crippen LogP contribution in [0.2, 0.25) is 0 Å². The summed E-state index contributed by atoms with van der Waals surface area (Å²) in [5, 5.41) is 5.18. The van der Waals surface area contributed by atoms with Crippen molar-refractivity contribution in [3.05, 3.63) is 40.6 Å². The summed E-state index contributed by atoms with van der Waals surface area (Å²) < 4.78 is 45.4. The molecule has 0 spiro atoms.